The second-order valence-corrected chi connectivity index (χ2v) is 6.04. The van der Waals surface area contributed by atoms with Gasteiger partial charge in [0.2, 0.25) is 5.91 Å². The number of aliphatic hydroxyl groups is 2. The minimum Gasteiger partial charge on any atom is -0.459 e. The highest BCUT2D eigenvalue weighted by molar-refractivity contribution is 5.88. The van der Waals surface area contributed by atoms with Gasteiger partial charge in [-0.05, 0) is 25.5 Å². The van der Waals surface area contributed by atoms with Gasteiger partial charge in [0, 0.05) is 18.8 Å². The zero-order valence-electron chi connectivity index (χ0n) is 14.3. The molecule has 5 atom stereocenters. The summed E-state index contributed by atoms with van der Waals surface area (Å²) in [5.41, 5.74) is 0.283. The minimum absolute atomic E-state index is 0.212. The monoisotopic (exact) mass is 352 g/mol. The third-order valence-electron chi connectivity index (χ3n) is 4.07. The molecule has 8 nitrogen and oxygen atoms in total. The summed E-state index contributed by atoms with van der Waals surface area (Å²) < 4.78 is 10.8. The molecule has 1 aromatic rings. The fraction of sp³-hybridized carbons (Fsp3) is 0.588. The number of aliphatic hydroxyl groups excluding tert-OH is 2. The maximum atomic E-state index is 11.9. The van der Waals surface area contributed by atoms with E-state index in [0.717, 1.165) is 0 Å². The van der Waals surface area contributed by atoms with Crippen LogP contribution < -0.4 is 5.32 Å². The number of rotatable bonds is 6. The fourth-order valence-electron chi connectivity index (χ4n) is 2.70. The average Bonchev–Trinajstić information content (AvgIpc) is 2.61. The lowest BCUT2D eigenvalue weighted by Gasteiger charge is -2.41. The zero-order valence-corrected chi connectivity index (χ0v) is 14.3. The number of aromatic nitrogens is 1. The molecule has 1 unspecified atom stereocenters. The van der Waals surface area contributed by atoms with E-state index < -0.39 is 36.4 Å². The van der Waals surface area contributed by atoms with E-state index in [1.165, 1.54) is 12.4 Å². The average molecular weight is 352 g/mol. The van der Waals surface area contributed by atoms with Gasteiger partial charge in [-0.25, -0.2) is 4.79 Å². The van der Waals surface area contributed by atoms with Crippen molar-refractivity contribution in [2.24, 2.45) is 0 Å². The molecular weight excluding hydrogens is 328 g/mol. The van der Waals surface area contributed by atoms with Gasteiger partial charge in [-0.2, -0.15) is 0 Å². The molecule has 1 amide bonds. The predicted octanol–water partition coefficient (Wildman–Crippen LogP) is 0.0324. The van der Waals surface area contributed by atoms with Crippen LogP contribution in [-0.4, -0.2) is 64.1 Å². The first-order valence-electron chi connectivity index (χ1n) is 8.32. The highest BCUT2D eigenvalue weighted by Gasteiger charge is 2.43. The molecule has 0 bridgehead atoms. The Bertz CT molecular complexity index is 582. The molecule has 0 spiro atoms. The van der Waals surface area contributed by atoms with Crippen LogP contribution in [0.2, 0.25) is 0 Å². The van der Waals surface area contributed by atoms with Crippen LogP contribution in [0.4, 0.5) is 0 Å². The third kappa shape index (κ3) is 4.97. The Morgan fingerprint density at radius 2 is 2.12 bits per heavy atom. The Kier molecular flexibility index (Phi) is 6.86. The summed E-state index contributed by atoms with van der Waals surface area (Å²) in [5, 5.41) is 23.2. The van der Waals surface area contributed by atoms with Gasteiger partial charge in [0.25, 0.3) is 0 Å². The number of hydrogen-bond donors (Lipinski definition) is 3. The molecular formula is C17H24N2O6. The Balaban J connectivity index is 1.91. The number of nitrogens with one attached hydrogen (secondary N) is 1. The molecule has 0 aromatic carbocycles. The number of carbonyl (C=O) groups is 2. The highest BCUT2D eigenvalue weighted by Crippen LogP contribution is 2.22. The van der Waals surface area contributed by atoms with Crippen LogP contribution in [0, 0.1) is 0 Å². The molecule has 0 aliphatic carbocycles. The summed E-state index contributed by atoms with van der Waals surface area (Å²) in [4.78, 5) is 27.5. The molecule has 1 aliphatic rings. The number of carbonyl (C=O) groups excluding carboxylic acids is 2. The Morgan fingerprint density at radius 1 is 1.36 bits per heavy atom. The summed E-state index contributed by atoms with van der Waals surface area (Å²) in [6, 6.07) is 2.45. The SMILES string of the molecule is CCCC(=O)N[C@H]1C(C)O[C@H](COC(=O)c2cccnc2)[C@@H](O)[C@@H]1O. The highest BCUT2D eigenvalue weighted by atomic mass is 16.6. The molecule has 138 valence electrons. The van der Waals surface area contributed by atoms with Gasteiger partial charge in [-0.3, -0.25) is 9.78 Å². The van der Waals surface area contributed by atoms with Crippen molar-refractivity contribution in [3.63, 3.8) is 0 Å². The minimum atomic E-state index is -1.29. The Morgan fingerprint density at radius 3 is 2.76 bits per heavy atom. The summed E-state index contributed by atoms with van der Waals surface area (Å²) in [6.07, 6.45) is -0.00681. The standard InChI is InChI=1S/C17H24N2O6/c1-3-5-13(20)19-14-10(2)25-12(15(21)16(14)22)9-24-17(23)11-6-4-7-18-8-11/h4,6-8,10,12,14-16,21-22H,3,5,9H2,1-2H3,(H,19,20)/t10?,12-,14+,15-,16-/m1/s1. The van der Waals surface area contributed by atoms with Crippen LogP contribution in [0.15, 0.2) is 24.5 Å². The smallest absolute Gasteiger partial charge is 0.339 e. The van der Waals surface area contributed by atoms with E-state index in [2.05, 4.69) is 10.3 Å². The molecule has 2 heterocycles. The van der Waals surface area contributed by atoms with Crippen molar-refractivity contribution >= 4 is 11.9 Å². The van der Waals surface area contributed by atoms with Crippen LogP contribution in [-0.2, 0) is 14.3 Å². The zero-order chi connectivity index (χ0) is 18.4. The molecule has 1 aliphatic heterocycles. The quantitative estimate of drug-likeness (QED) is 0.618. The van der Waals surface area contributed by atoms with Gasteiger partial charge in [0.1, 0.15) is 24.9 Å². The molecule has 2 rings (SSSR count). The summed E-state index contributed by atoms with van der Waals surface area (Å²) in [7, 11) is 0. The molecule has 3 N–H and O–H groups in total. The molecule has 0 saturated carbocycles. The van der Waals surface area contributed by atoms with Crippen molar-refractivity contribution in [3.05, 3.63) is 30.1 Å². The number of amides is 1. The molecule has 8 heteroatoms. The normalized spacial score (nSPS) is 29.0. The summed E-state index contributed by atoms with van der Waals surface area (Å²) in [5.74, 6) is -0.805. The van der Waals surface area contributed by atoms with Gasteiger partial charge < -0.3 is 25.0 Å². The van der Waals surface area contributed by atoms with E-state index in [0.29, 0.717) is 12.8 Å². The number of pyridine rings is 1. The van der Waals surface area contributed by atoms with Gasteiger partial charge in [-0.15, -0.1) is 0 Å². The van der Waals surface area contributed by atoms with E-state index in [4.69, 9.17) is 9.47 Å². The van der Waals surface area contributed by atoms with E-state index in [-0.39, 0.29) is 18.1 Å². The largest absolute Gasteiger partial charge is 0.459 e. The van der Waals surface area contributed by atoms with Crippen molar-refractivity contribution in [3.8, 4) is 0 Å². The van der Waals surface area contributed by atoms with E-state index in [1.807, 2.05) is 6.92 Å². The lowest BCUT2D eigenvalue weighted by Crippen LogP contribution is -2.63. The maximum absolute atomic E-state index is 11.9. The lowest BCUT2D eigenvalue weighted by molar-refractivity contribution is -0.191. The lowest BCUT2D eigenvalue weighted by atomic mass is 9.93. The van der Waals surface area contributed by atoms with Crippen molar-refractivity contribution < 1.29 is 29.3 Å². The first-order chi connectivity index (χ1) is 11.9. The van der Waals surface area contributed by atoms with Gasteiger partial charge in [-0.1, -0.05) is 6.92 Å². The Hall–Kier alpha value is -2.03. The van der Waals surface area contributed by atoms with Crippen molar-refractivity contribution in [2.45, 2.75) is 57.1 Å². The molecule has 1 fully saturated rings. The predicted molar refractivity (Wildman–Crippen MR) is 87.7 cm³/mol. The van der Waals surface area contributed by atoms with Crippen LogP contribution in [0.5, 0.6) is 0 Å². The van der Waals surface area contributed by atoms with Crippen molar-refractivity contribution in [2.75, 3.05) is 6.61 Å². The van der Waals surface area contributed by atoms with E-state index >= 15 is 0 Å². The summed E-state index contributed by atoms with van der Waals surface area (Å²) >= 11 is 0. The number of esters is 1. The number of ether oxygens (including phenoxy) is 2. The second-order valence-electron chi connectivity index (χ2n) is 6.04. The number of nitrogens with zero attached hydrogens (tertiary/aromatic N) is 1. The van der Waals surface area contributed by atoms with Crippen LogP contribution in [0.3, 0.4) is 0 Å². The maximum Gasteiger partial charge on any atom is 0.339 e. The van der Waals surface area contributed by atoms with Gasteiger partial charge in [0.05, 0.1) is 17.7 Å². The molecule has 25 heavy (non-hydrogen) atoms. The van der Waals surface area contributed by atoms with Gasteiger partial charge in [0.15, 0.2) is 0 Å². The topological polar surface area (TPSA) is 118 Å². The molecule has 1 aromatic heterocycles. The first kappa shape index (κ1) is 19.3. The van der Waals surface area contributed by atoms with Crippen LogP contribution >= 0.6 is 0 Å². The van der Waals surface area contributed by atoms with Crippen LogP contribution in [0.25, 0.3) is 0 Å². The Labute approximate surface area is 146 Å². The van der Waals surface area contributed by atoms with Crippen molar-refractivity contribution in [1.82, 2.24) is 10.3 Å². The summed E-state index contributed by atoms with van der Waals surface area (Å²) in [6.45, 7) is 3.34. The number of hydrogen-bond acceptors (Lipinski definition) is 7. The molecule has 1 saturated heterocycles. The first-order valence-corrected chi connectivity index (χ1v) is 8.32. The van der Waals surface area contributed by atoms with Gasteiger partial charge >= 0.3 is 5.97 Å². The van der Waals surface area contributed by atoms with E-state index in [1.54, 1.807) is 19.1 Å². The van der Waals surface area contributed by atoms with E-state index in [9.17, 15) is 19.8 Å². The van der Waals surface area contributed by atoms with Crippen molar-refractivity contribution in [1.29, 1.82) is 0 Å². The third-order valence-corrected chi connectivity index (χ3v) is 4.07. The van der Waals surface area contributed by atoms with Crippen LogP contribution in [0.1, 0.15) is 37.0 Å². The second kappa shape index (κ2) is 8.89. The molecule has 0 radical (unpaired) electrons. The fourth-order valence-corrected chi connectivity index (χ4v) is 2.70.